The minimum absolute atomic E-state index is 0.0879. The van der Waals surface area contributed by atoms with Crippen LogP contribution in [0.4, 0.5) is 0 Å². The maximum atomic E-state index is 13.0. The number of aryl methyl sites for hydroxylation is 1. The van der Waals surface area contributed by atoms with Gasteiger partial charge in [-0.1, -0.05) is 61.9 Å². The van der Waals surface area contributed by atoms with Crippen LogP contribution in [0.3, 0.4) is 0 Å². The van der Waals surface area contributed by atoms with Crippen LogP contribution < -0.4 is 10.1 Å². The predicted molar refractivity (Wildman–Crippen MR) is 116 cm³/mol. The van der Waals surface area contributed by atoms with Crippen molar-refractivity contribution in [3.8, 4) is 5.75 Å². The lowest BCUT2D eigenvalue weighted by molar-refractivity contribution is -0.142. The molecule has 0 unspecified atom stereocenters. The van der Waals surface area contributed by atoms with Crippen molar-refractivity contribution in [1.29, 1.82) is 0 Å². The van der Waals surface area contributed by atoms with Crippen LogP contribution >= 0.6 is 0 Å². The largest absolute Gasteiger partial charge is 0.484 e. The Morgan fingerprint density at radius 1 is 1.03 bits per heavy atom. The zero-order valence-corrected chi connectivity index (χ0v) is 17.7. The number of nitrogens with one attached hydrogen (secondary N) is 1. The van der Waals surface area contributed by atoms with Gasteiger partial charge in [-0.25, -0.2) is 0 Å². The summed E-state index contributed by atoms with van der Waals surface area (Å²) in [6.07, 6.45) is 2.10. The molecular formula is C24H32N2O3. The quantitative estimate of drug-likeness (QED) is 0.629. The molecule has 156 valence electrons. The van der Waals surface area contributed by atoms with E-state index in [0.717, 1.165) is 17.5 Å². The molecule has 2 aromatic carbocycles. The van der Waals surface area contributed by atoms with E-state index in [1.807, 2.05) is 75.4 Å². The molecule has 2 aromatic rings. The Bertz CT molecular complexity index is 759. The molecule has 1 N–H and O–H groups in total. The summed E-state index contributed by atoms with van der Waals surface area (Å²) in [5.41, 5.74) is 2.26. The minimum Gasteiger partial charge on any atom is -0.484 e. The first-order valence-electron chi connectivity index (χ1n) is 10.4. The van der Waals surface area contributed by atoms with E-state index in [9.17, 15) is 9.59 Å². The highest BCUT2D eigenvalue weighted by Crippen LogP contribution is 2.13. The van der Waals surface area contributed by atoms with Gasteiger partial charge >= 0.3 is 0 Å². The third-order valence-corrected chi connectivity index (χ3v) is 4.80. The highest BCUT2D eigenvalue weighted by atomic mass is 16.5. The van der Waals surface area contributed by atoms with E-state index < -0.39 is 6.04 Å². The number of hydrogen-bond acceptors (Lipinski definition) is 3. The van der Waals surface area contributed by atoms with Gasteiger partial charge in [-0.15, -0.1) is 0 Å². The van der Waals surface area contributed by atoms with E-state index in [1.165, 1.54) is 0 Å². The minimum atomic E-state index is -0.501. The van der Waals surface area contributed by atoms with Crippen molar-refractivity contribution >= 4 is 11.8 Å². The highest BCUT2D eigenvalue weighted by Gasteiger charge is 2.28. The van der Waals surface area contributed by atoms with Crippen LogP contribution in [-0.2, 0) is 16.0 Å². The Balaban J connectivity index is 2.09. The van der Waals surface area contributed by atoms with Crippen molar-refractivity contribution in [1.82, 2.24) is 10.2 Å². The molecule has 0 aliphatic heterocycles. The molecule has 1 atom stereocenters. The second-order valence-corrected chi connectivity index (χ2v) is 7.14. The molecule has 5 heteroatoms. The summed E-state index contributed by atoms with van der Waals surface area (Å²) >= 11 is 0. The molecule has 0 aliphatic rings. The fraction of sp³-hybridized carbons (Fsp3) is 0.417. The summed E-state index contributed by atoms with van der Waals surface area (Å²) < 4.78 is 5.69. The van der Waals surface area contributed by atoms with E-state index in [1.54, 1.807) is 4.90 Å². The van der Waals surface area contributed by atoms with Crippen LogP contribution in [0.5, 0.6) is 5.75 Å². The van der Waals surface area contributed by atoms with Gasteiger partial charge < -0.3 is 15.0 Å². The number of carbonyl (C=O) groups is 2. The smallest absolute Gasteiger partial charge is 0.261 e. The third-order valence-electron chi connectivity index (χ3n) is 4.80. The lowest BCUT2D eigenvalue weighted by Crippen LogP contribution is -2.51. The summed E-state index contributed by atoms with van der Waals surface area (Å²) in [6.45, 7) is 6.93. The first-order chi connectivity index (χ1) is 14.0. The van der Waals surface area contributed by atoms with E-state index >= 15 is 0 Å². The van der Waals surface area contributed by atoms with Gasteiger partial charge in [0.15, 0.2) is 6.61 Å². The number of benzene rings is 2. The first kappa shape index (κ1) is 22.5. The van der Waals surface area contributed by atoms with Crippen LogP contribution in [0.15, 0.2) is 54.6 Å². The first-order valence-corrected chi connectivity index (χ1v) is 10.4. The zero-order valence-electron chi connectivity index (χ0n) is 17.7. The molecular weight excluding hydrogens is 364 g/mol. The van der Waals surface area contributed by atoms with Crippen LogP contribution in [-0.4, -0.2) is 42.5 Å². The summed E-state index contributed by atoms with van der Waals surface area (Å²) in [7, 11) is 0. The number of nitrogens with zero attached hydrogens (tertiary/aromatic N) is 1. The van der Waals surface area contributed by atoms with E-state index in [4.69, 9.17) is 4.74 Å². The number of hydrogen-bond donors (Lipinski definition) is 1. The van der Waals surface area contributed by atoms with Crippen LogP contribution in [0.25, 0.3) is 0 Å². The molecule has 2 amide bonds. The molecule has 0 heterocycles. The summed E-state index contributed by atoms with van der Waals surface area (Å²) in [5, 5.41) is 2.92. The number of rotatable bonds is 11. The average molecular weight is 397 g/mol. The van der Waals surface area contributed by atoms with Crippen molar-refractivity contribution in [3.63, 3.8) is 0 Å². The van der Waals surface area contributed by atoms with Crippen molar-refractivity contribution in [2.45, 2.75) is 46.1 Å². The van der Waals surface area contributed by atoms with Crippen LogP contribution in [0.2, 0.25) is 0 Å². The van der Waals surface area contributed by atoms with E-state index in [0.29, 0.717) is 31.7 Å². The third kappa shape index (κ3) is 7.26. The molecule has 0 fully saturated rings. The molecule has 2 rings (SSSR count). The lowest BCUT2D eigenvalue weighted by Gasteiger charge is -2.30. The number of amides is 2. The molecule has 0 spiro atoms. The van der Waals surface area contributed by atoms with Crippen molar-refractivity contribution in [2.24, 2.45) is 0 Å². The molecule has 0 bridgehead atoms. The summed E-state index contributed by atoms with van der Waals surface area (Å²) in [5.74, 6) is 0.363. The molecule has 0 radical (unpaired) electrons. The van der Waals surface area contributed by atoms with Gasteiger partial charge in [0.05, 0.1) is 0 Å². The van der Waals surface area contributed by atoms with Crippen LogP contribution in [0, 0.1) is 6.92 Å². The maximum Gasteiger partial charge on any atom is 0.261 e. The van der Waals surface area contributed by atoms with Gasteiger partial charge in [0, 0.05) is 13.1 Å². The topological polar surface area (TPSA) is 58.6 Å². The Kier molecular flexibility index (Phi) is 9.22. The highest BCUT2D eigenvalue weighted by molar-refractivity contribution is 5.88. The Hall–Kier alpha value is -2.82. The monoisotopic (exact) mass is 396 g/mol. The number of carbonyl (C=O) groups excluding carboxylic acids is 2. The lowest BCUT2D eigenvalue weighted by atomic mass is 10.1. The van der Waals surface area contributed by atoms with Gasteiger partial charge in [0.2, 0.25) is 5.91 Å². The summed E-state index contributed by atoms with van der Waals surface area (Å²) in [6, 6.07) is 17.1. The molecule has 29 heavy (non-hydrogen) atoms. The molecule has 0 saturated heterocycles. The van der Waals surface area contributed by atoms with Gasteiger partial charge in [-0.3, -0.25) is 9.59 Å². The van der Waals surface area contributed by atoms with Crippen molar-refractivity contribution < 1.29 is 14.3 Å². The maximum absolute atomic E-state index is 13.0. The Labute approximate surface area is 174 Å². The van der Waals surface area contributed by atoms with Gasteiger partial charge in [-0.2, -0.15) is 0 Å². The number of ether oxygens (including phenoxy) is 1. The summed E-state index contributed by atoms with van der Waals surface area (Å²) in [4.78, 5) is 27.3. The predicted octanol–water partition coefficient (Wildman–Crippen LogP) is 3.75. The molecule has 0 aliphatic carbocycles. The second kappa shape index (κ2) is 11.9. The Morgan fingerprint density at radius 2 is 1.72 bits per heavy atom. The normalized spacial score (nSPS) is 11.6. The fourth-order valence-corrected chi connectivity index (χ4v) is 3.12. The molecule has 0 aromatic heterocycles. The van der Waals surface area contributed by atoms with Gasteiger partial charge in [0.1, 0.15) is 11.8 Å². The van der Waals surface area contributed by atoms with E-state index in [2.05, 4.69) is 5.32 Å². The molecule has 5 nitrogen and oxygen atoms in total. The van der Waals surface area contributed by atoms with Crippen LogP contribution in [0.1, 0.15) is 37.8 Å². The fourth-order valence-electron chi connectivity index (χ4n) is 3.12. The SMILES string of the molecule is CCCNC(=O)[C@H](CC)N(CCc1ccccc1)C(=O)COc1ccc(C)cc1. The zero-order chi connectivity index (χ0) is 21.1. The Morgan fingerprint density at radius 3 is 2.34 bits per heavy atom. The van der Waals surface area contributed by atoms with Gasteiger partial charge in [-0.05, 0) is 43.9 Å². The van der Waals surface area contributed by atoms with Gasteiger partial charge in [0.25, 0.3) is 5.91 Å². The van der Waals surface area contributed by atoms with E-state index in [-0.39, 0.29) is 18.4 Å². The average Bonchev–Trinajstić information content (AvgIpc) is 2.75. The molecule has 0 saturated carbocycles. The van der Waals surface area contributed by atoms with Crippen molar-refractivity contribution in [2.75, 3.05) is 19.7 Å². The second-order valence-electron chi connectivity index (χ2n) is 7.14. The standard InChI is InChI=1S/C24H32N2O3/c1-4-16-25-24(28)22(5-2)26(17-15-20-9-7-6-8-10-20)23(27)18-29-21-13-11-19(3)12-14-21/h6-14,22H,4-5,15-18H2,1-3H3,(H,25,28)/t22-/m0/s1. The van der Waals surface area contributed by atoms with Crippen molar-refractivity contribution in [3.05, 3.63) is 65.7 Å².